The third-order valence-electron chi connectivity index (χ3n) is 1.22. The summed E-state index contributed by atoms with van der Waals surface area (Å²) in [5.41, 5.74) is 0. The van der Waals surface area contributed by atoms with Crippen molar-refractivity contribution in [3.8, 4) is 0 Å². The van der Waals surface area contributed by atoms with E-state index in [2.05, 4.69) is 58.9 Å². The summed E-state index contributed by atoms with van der Waals surface area (Å²) in [5, 5.41) is 7.00. The van der Waals surface area contributed by atoms with Crippen LogP contribution in [0.4, 0.5) is 0 Å². The van der Waals surface area contributed by atoms with Crippen molar-refractivity contribution in [1.29, 1.82) is 0 Å². The van der Waals surface area contributed by atoms with Gasteiger partial charge in [-0.3, -0.25) is 0 Å². The third kappa shape index (κ3) is 285. The fraction of sp³-hybridized carbons (Fsp3) is 1.00. The number of hydrogen-bond donors (Lipinski definition) is 3. The molecule has 0 heterocycles. The highest BCUT2D eigenvalue weighted by molar-refractivity contribution is 6.83. The molecule has 0 aliphatic heterocycles. The van der Waals surface area contributed by atoms with Gasteiger partial charge in [0, 0.05) is 14.2 Å². The second-order valence-electron chi connectivity index (χ2n) is 11.0. The Balaban J connectivity index is -0.0000000239. The average molecular weight is 563 g/mol. The van der Waals surface area contributed by atoms with Gasteiger partial charge in [-0.15, -0.1) is 0 Å². The number of rotatable bonds is 3. The largest absolute Gasteiger partial charge is 0.456 e. The van der Waals surface area contributed by atoms with E-state index in [-0.39, 0.29) is 33.2 Å². The smallest absolute Gasteiger partial charge is 0.183 e. The molecule has 0 aliphatic carbocycles. The Morgan fingerprint density at radius 1 is 0.438 bits per heavy atom. The highest BCUT2D eigenvalue weighted by atomic mass is 28.4. The fourth-order valence-electron chi connectivity index (χ4n) is 0.919. The van der Waals surface area contributed by atoms with Gasteiger partial charge in [-0.1, -0.05) is 22.3 Å². The van der Waals surface area contributed by atoms with Gasteiger partial charge in [0.2, 0.25) is 0 Å². The van der Waals surface area contributed by atoms with Crippen LogP contribution in [0, 0.1) is 0 Å². The van der Waals surface area contributed by atoms with Crippen LogP contribution >= 0.6 is 0 Å². The Kier molecular flexibility index (Phi) is 55.9. The van der Waals surface area contributed by atoms with E-state index in [0.717, 1.165) is 7.11 Å². The predicted molar refractivity (Wildman–Crippen MR) is 165 cm³/mol. The summed E-state index contributed by atoms with van der Waals surface area (Å²) in [5.74, 6) is 0. The van der Waals surface area contributed by atoms with Crippen LogP contribution in [0.1, 0.15) is 22.3 Å². The molecule has 7 nitrogen and oxygen atoms in total. The molecule has 0 amide bonds. The van der Waals surface area contributed by atoms with Crippen LogP contribution < -0.4 is 0 Å². The molecular weight excluding hydrogens is 493 g/mol. The molecule has 7 N–H and O–H groups in total. The summed E-state index contributed by atoms with van der Waals surface area (Å²) in [6.45, 7) is 31.2. The maximum Gasteiger partial charge on any atom is 0.183 e. The molecule has 0 saturated carbocycles. The Bertz CT molecular complexity index is 279. The van der Waals surface area contributed by atoms with Crippen molar-refractivity contribution in [3.63, 3.8) is 0 Å². The minimum atomic E-state index is -1.61. The van der Waals surface area contributed by atoms with Crippen molar-refractivity contribution in [2.24, 2.45) is 0 Å². The lowest BCUT2D eigenvalue weighted by Crippen LogP contribution is -2.39. The zero-order valence-electron chi connectivity index (χ0n) is 22.7. The molecule has 0 unspecified atom stereocenters. The topological polar surface area (TPSA) is 142 Å². The Labute approximate surface area is 210 Å². The zero-order chi connectivity index (χ0) is 23.9. The molecule has 0 fully saturated rings. The lowest BCUT2D eigenvalue weighted by molar-refractivity contribution is 0.399. The van der Waals surface area contributed by atoms with E-state index >= 15 is 0 Å². The summed E-state index contributed by atoms with van der Waals surface area (Å²) in [6.07, 6.45) is 0. The van der Waals surface area contributed by atoms with Crippen LogP contribution in [-0.2, 0) is 8.54 Å². The Morgan fingerprint density at radius 2 is 0.531 bits per heavy atom. The number of hydrogen-bond acceptors (Lipinski definition) is 5. The molecule has 212 valence electrons. The van der Waals surface area contributed by atoms with Crippen molar-refractivity contribution in [2.45, 2.75) is 120 Å². The molecule has 0 aromatic rings. The van der Waals surface area contributed by atoms with Crippen molar-refractivity contribution in [1.82, 2.24) is 0 Å². The van der Waals surface area contributed by atoms with Crippen molar-refractivity contribution in [2.75, 3.05) is 14.2 Å². The quantitative estimate of drug-likeness (QED) is 0.382. The molecule has 32 heavy (non-hydrogen) atoms. The monoisotopic (exact) mass is 562 g/mol. The summed E-state index contributed by atoms with van der Waals surface area (Å²) in [4.78, 5) is 17.3. The molecule has 0 bridgehead atoms. The van der Waals surface area contributed by atoms with E-state index in [1.807, 2.05) is 39.3 Å². The second-order valence-corrected chi connectivity index (χ2v) is 33.6. The van der Waals surface area contributed by atoms with Gasteiger partial charge < -0.3 is 34.2 Å². The first-order chi connectivity index (χ1) is 11.3. The van der Waals surface area contributed by atoms with Crippen LogP contribution in [0.3, 0.4) is 0 Å². The van der Waals surface area contributed by atoms with Crippen LogP contribution in [0.2, 0.25) is 98.2 Å². The summed E-state index contributed by atoms with van der Waals surface area (Å²) < 4.78 is 11.0. The standard InChI is InChI=1S/C6H18OSi2.C4H12OSi.2C3H10OSi.CH4O.3CH4.2H2O/c1-8(2,3)7-9(4,5)6;1-5-6(2,3)4;2*1-5(2,3)4;1-2;;;;;/h1-6H3;1-4H3;2*4H,1-3H3;2H,1H3;3*1H4;2*1H2. The Hall–Kier alpha value is 0.804. The molecule has 0 aromatic heterocycles. The van der Waals surface area contributed by atoms with E-state index in [1.165, 1.54) is 0 Å². The maximum absolute atomic E-state index is 8.66. The summed E-state index contributed by atoms with van der Waals surface area (Å²) in [7, 11) is -4.05. The minimum absolute atomic E-state index is 0. The van der Waals surface area contributed by atoms with Gasteiger partial charge in [-0.25, -0.2) is 0 Å². The van der Waals surface area contributed by atoms with Crippen molar-refractivity contribution >= 4 is 41.6 Å². The second kappa shape index (κ2) is 28.0. The first kappa shape index (κ1) is 63.8. The molecular formula is C20H70O7Si5. The van der Waals surface area contributed by atoms with Crippen LogP contribution in [-0.4, -0.2) is 81.5 Å². The lowest BCUT2D eigenvalue weighted by atomic mass is 11.8. The normalized spacial score (nSPS) is 10.1. The van der Waals surface area contributed by atoms with Crippen LogP contribution in [0.25, 0.3) is 0 Å². The zero-order valence-corrected chi connectivity index (χ0v) is 27.7. The highest BCUT2D eigenvalue weighted by Crippen LogP contribution is 2.12. The van der Waals surface area contributed by atoms with Crippen LogP contribution in [0.15, 0.2) is 0 Å². The third-order valence-corrected chi connectivity index (χ3v) is 7.35. The highest BCUT2D eigenvalue weighted by Gasteiger charge is 2.24. The SMILES string of the molecule is C.C.C.CO.CO[Si](C)(C)C.C[Si](C)(C)O.C[Si](C)(C)O.C[Si](C)(C)O[Si](C)(C)C.O.O. The minimum Gasteiger partial charge on any atom is -0.456 e. The first-order valence-corrected chi connectivity index (χ1v) is 26.5. The molecule has 0 saturated heterocycles. The van der Waals surface area contributed by atoms with E-state index in [4.69, 9.17) is 23.2 Å². The lowest BCUT2D eigenvalue weighted by Gasteiger charge is -2.27. The predicted octanol–water partition coefficient (Wildman–Crippen LogP) is 5.64. The number of aliphatic hydroxyl groups is 1. The van der Waals surface area contributed by atoms with E-state index < -0.39 is 41.6 Å². The molecule has 0 aromatic carbocycles. The molecule has 12 heteroatoms. The average Bonchev–Trinajstić information content (AvgIpc) is 2.21. The van der Waals surface area contributed by atoms with E-state index in [1.54, 1.807) is 7.11 Å². The summed E-state index contributed by atoms with van der Waals surface area (Å²) >= 11 is 0. The van der Waals surface area contributed by atoms with Gasteiger partial charge in [0.05, 0.1) is 0 Å². The van der Waals surface area contributed by atoms with Gasteiger partial charge in [-0.2, -0.15) is 0 Å². The van der Waals surface area contributed by atoms with Gasteiger partial charge in [-0.05, 0) is 98.2 Å². The molecule has 0 radical (unpaired) electrons. The molecule has 0 atom stereocenters. The molecule has 0 spiro atoms. The first-order valence-electron chi connectivity index (χ1n) is 9.42. The van der Waals surface area contributed by atoms with Crippen molar-refractivity contribution < 1.29 is 34.2 Å². The number of aliphatic hydroxyl groups excluding tert-OH is 1. The fourth-order valence-corrected chi connectivity index (χ4v) is 8.27. The van der Waals surface area contributed by atoms with E-state index in [9.17, 15) is 0 Å². The molecule has 0 rings (SSSR count). The molecule has 0 aliphatic rings. The van der Waals surface area contributed by atoms with Crippen molar-refractivity contribution in [3.05, 3.63) is 0 Å². The van der Waals surface area contributed by atoms with Gasteiger partial charge in [0.15, 0.2) is 41.6 Å². The maximum atomic E-state index is 8.66. The van der Waals surface area contributed by atoms with E-state index in [0.29, 0.717) is 0 Å². The van der Waals surface area contributed by atoms with Gasteiger partial charge in [0.1, 0.15) is 0 Å². The summed E-state index contributed by atoms with van der Waals surface area (Å²) in [6, 6.07) is 0. The van der Waals surface area contributed by atoms with Gasteiger partial charge >= 0.3 is 0 Å². The Morgan fingerprint density at radius 3 is 0.531 bits per heavy atom. The van der Waals surface area contributed by atoms with Gasteiger partial charge in [0.25, 0.3) is 0 Å². The van der Waals surface area contributed by atoms with Crippen LogP contribution in [0.5, 0.6) is 0 Å².